The van der Waals surface area contributed by atoms with Crippen LogP contribution in [0.2, 0.25) is 0 Å². The third-order valence-electron chi connectivity index (χ3n) is 3.19. The summed E-state index contributed by atoms with van der Waals surface area (Å²) in [4.78, 5) is 12.4. The van der Waals surface area contributed by atoms with Gasteiger partial charge < -0.3 is 10.5 Å². The Morgan fingerprint density at radius 2 is 2.15 bits per heavy atom. The fourth-order valence-electron chi connectivity index (χ4n) is 2.20. The molecule has 20 heavy (non-hydrogen) atoms. The van der Waals surface area contributed by atoms with Crippen LogP contribution in [0.25, 0.3) is 0 Å². The van der Waals surface area contributed by atoms with Crippen LogP contribution in [0.15, 0.2) is 24.3 Å². The van der Waals surface area contributed by atoms with E-state index in [1.54, 1.807) is 25.3 Å². The first kappa shape index (κ1) is 14.1. The number of nitrogens with two attached hydrogens (primary N) is 1. The topological polar surface area (TPSA) is 70.1 Å². The van der Waals surface area contributed by atoms with Crippen LogP contribution >= 0.6 is 0 Å². The van der Waals surface area contributed by atoms with Gasteiger partial charge >= 0.3 is 0 Å². The number of methoxy groups -OCH3 is 1. The second kappa shape index (κ2) is 5.77. The maximum atomic E-state index is 12.4. The molecule has 5 heteroatoms. The van der Waals surface area contributed by atoms with Crippen LogP contribution in [0.1, 0.15) is 28.7 Å². The Balaban J connectivity index is 2.23. The van der Waals surface area contributed by atoms with Crippen molar-refractivity contribution in [2.75, 3.05) is 12.8 Å². The van der Waals surface area contributed by atoms with E-state index in [1.807, 2.05) is 24.6 Å². The largest absolute Gasteiger partial charge is 0.497 e. The summed E-state index contributed by atoms with van der Waals surface area (Å²) in [5, 5.41) is 4.34. The predicted molar refractivity (Wildman–Crippen MR) is 78.1 cm³/mol. The van der Waals surface area contributed by atoms with Gasteiger partial charge in [0.2, 0.25) is 0 Å². The molecule has 1 aromatic carbocycles. The van der Waals surface area contributed by atoms with Gasteiger partial charge in [-0.15, -0.1) is 0 Å². The van der Waals surface area contributed by atoms with Gasteiger partial charge in [0.05, 0.1) is 19.2 Å². The number of anilines is 1. The zero-order valence-electron chi connectivity index (χ0n) is 12.0. The van der Waals surface area contributed by atoms with Crippen LogP contribution < -0.4 is 10.5 Å². The fraction of sp³-hybridized carbons (Fsp3) is 0.333. The number of ether oxygens (including phenoxy) is 1. The van der Waals surface area contributed by atoms with Gasteiger partial charge in [0, 0.05) is 29.6 Å². The number of nitrogens with zero attached hydrogens (tertiary/aromatic N) is 2. The van der Waals surface area contributed by atoms with Crippen molar-refractivity contribution < 1.29 is 9.53 Å². The molecule has 0 aliphatic carbocycles. The molecule has 0 saturated heterocycles. The van der Waals surface area contributed by atoms with Crippen molar-refractivity contribution in [2.24, 2.45) is 0 Å². The quantitative estimate of drug-likeness (QED) is 0.670. The maximum Gasteiger partial charge on any atom is 0.170 e. The Morgan fingerprint density at radius 1 is 1.40 bits per heavy atom. The zero-order valence-corrected chi connectivity index (χ0v) is 12.0. The molecule has 1 aromatic heterocycles. The second-order valence-electron chi connectivity index (χ2n) is 4.65. The minimum atomic E-state index is -0.0141. The number of benzene rings is 1. The van der Waals surface area contributed by atoms with Gasteiger partial charge in [0.25, 0.3) is 0 Å². The van der Waals surface area contributed by atoms with E-state index in [4.69, 9.17) is 10.5 Å². The average Bonchev–Trinajstić information content (AvgIpc) is 2.78. The van der Waals surface area contributed by atoms with Crippen LogP contribution in [-0.2, 0) is 13.0 Å². The predicted octanol–water partition coefficient (Wildman–Crippen LogP) is 2.23. The first-order chi connectivity index (χ1) is 9.55. The van der Waals surface area contributed by atoms with Gasteiger partial charge in [-0.1, -0.05) is 0 Å². The molecule has 5 nitrogen and oxygen atoms in total. The molecule has 0 radical (unpaired) electrons. The highest BCUT2D eigenvalue weighted by Gasteiger charge is 2.14. The molecule has 0 atom stereocenters. The molecular weight excluding hydrogens is 254 g/mol. The molecule has 0 spiro atoms. The van der Waals surface area contributed by atoms with E-state index in [0.29, 0.717) is 23.4 Å². The summed E-state index contributed by atoms with van der Waals surface area (Å²) in [6.07, 6.45) is 0.297. The van der Waals surface area contributed by atoms with Crippen molar-refractivity contribution >= 4 is 11.5 Å². The number of nitrogen functional groups attached to an aromatic ring is 1. The lowest BCUT2D eigenvalue weighted by Gasteiger charge is -2.08. The summed E-state index contributed by atoms with van der Waals surface area (Å²) in [5.41, 5.74) is 8.69. The van der Waals surface area contributed by atoms with Crippen molar-refractivity contribution in [1.29, 1.82) is 0 Å². The molecule has 0 unspecified atom stereocenters. The van der Waals surface area contributed by atoms with Crippen molar-refractivity contribution in [2.45, 2.75) is 26.8 Å². The number of Topliss-reactive ketones (excluding diaryl/α,β-unsaturated/α-hetero) is 1. The lowest BCUT2D eigenvalue weighted by molar-refractivity contribution is 0.0991. The van der Waals surface area contributed by atoms with E-state index in [0.717, 1.165) is 17.9 Å². The highest BCUT2D eigenvalue weighted by molar-refractivity contribution is 6.02. The lowest BCUT2D eigenvalue weighted by Crippen LogP contribution is -2.11. The van der Waals surface area contributed by atoms with E-state index >= 15 is 0 Å². The van der Waals surface area contributed by atoms with Crippen molar-refractivity contribution in [3.05, 3.63) is 41.2 Å². The summed E-state index contributed by atoms with van der Waals surface area (Å²) in [7, 11) is 1.57. The molecule has 1 heterocycles. The van der Waals surface area contributed by atoms with Crippen LogP contribution in [0.4, 0.5) is 5.69 Å². The van der Waals surface area contributed by atoms with Gasteiger partial charge in [-0.3, -0.25) is 9.48 Å². The highest BCUT2D eigenvalue weighted by atomic mass is 16.5. The fourth-order valence-corrected chi connectivity index (χ4v) is 2.20. The number of rotatable bonds is 5. The monoisotopic (exact) mass is 273 g/mol. The Bertz CT molecular complexity index is 632. The Hall–Kier alpha value is -2.30. The Labute approximate surface area is 118 Å². The van der Waals surface area contributed by atoms with E-state index < -0.39 is 0 Å². The number of hydrogen-bond acceptors (Lipinski definition) is 4. The first-order valence-corrected chi connectivity index (χ1v) is 6.55. The summed E-state index contributed by atoms with van der Waals surface area (Å²) in [6.45, 7) is 4.67. The number of carbonyl (C=O) groups excluding carboxylic acids is 1. The van der Waals surface area contributed by atoms with Gasteiger partial charge in [-0.05, 0) is 32.0 Å². The third kappa shape index (κ3) is 2.82. The van der Waals surface area contributed by atoms with Gasteiger partial charge in [-0.25, -0.2) is 0 Å². The van der Waals surface area contributed by atoms with Crippen molar-refractivity contribution in [3.8, 4) is 5.75 Å². The molecule has 0 fully saturated rings. The summed E-state index contributed by atoms with van der Waals surface area (Å²) in [6, 6.07) is 7.04. The second-order valence-corrected chi connectivity index (χ2v) is 4.65. The smallest absolute Gasteiger partial charge is 0.170 e. The number of aryl methyl sites for hydroxylation is 2. The van der Waals surface area contributed by atoms with Crippen LogP contribution in [-0.4, -0.2) is 22.7 Å². The summed E-state index contributed by atoms with van der Waals surface area (Å²) < 4.78 is 6.92. The molecule has 106 valence electrons. The van der Waals surface area contributed by atoms with Gasteiger partial charge in [0.1, 0.15) is 5.75 Å². The maximum absolute atomic E-state index is 12.4. The number of ketones is 1. The van der Waals surface area contributed by atoms with Crippen LogP contribution in [0.3, 0.4) is 0 Å². The molecule has 0 aliphatic heterocycles. The molecule has 2 rings (SSSR count). The SMILES string of the molecule is CCn1nc(C)cc1CC(=O)c1ccc(OC)cc1N. The zero-order chi connectivity index (χ0) is 14.7. The molecule has 0 amide bonds. The van der Waals surface area contributed by atoms with E-state index in [-0.39, 0.29) is 5.78 Å². The van der Waals surface area contributed by atoms with Crippen LogP contribution in [0, 0.1) is 6.92 Å². The van der Waals surface area contributed by atoms with Gasteiger partial charge in [0.15, 0.2) is 5.78 Å². The van der Waals surface area contributed by atoms with Gasteiger partial charge in [-0.2, -0.15) is 5.10 Å². The number of aromatic nitrogens is 2. The molecule has 2 N–H and O–H groups in total. The van der Waals surface area contributed by atoms with Crippen molar-refractivity contribution in [1.82, 2.24) is 9.78 Å². The minimum absolute atomic E-state index is 0.0141. The highest BCUT2D eigenvalue weighted by Crippen LogP contribution is 2.21. The van der Waals surface area contributed by atoms with E-state index in [9.17, 15) is 4.79 Å². The van der Waals surface area contributed by atoms with E-state index in [2.05, 4.69) is 5.10 Å². The Morgan fingerprint density at radius 3 is 2.75 bits per heavy atom. The Kier molecular flexibility index (Phi) is 4.08. The first-order valence-electron chi connectivity index (χ1n) is 6.55. The van der Waals surface area contributed by atoms with Crippen molar-refractivity contribution in [3.63, 3.8) is 0 Å². The third-order valence-corrected chi connectivity index (χ3v) is 3.19. The van der Waals surface area contributed by atoms with Crippen LogP contribution in [0.5, 0.6) is 5.75 Å². The normalized spacial score (nSPS) is 10.6. The number of hydrogen-bond donors (Lipinski definition) is 1. The molecule has 0 bridgehead atoms. The summed E-state index contributed by atoms with van der Waals surface area (Å²) in [5.74, 6) is 0.633. The molecule has 2 aromatic rings. The number of carbonyl (C=O) groups is 1. The van der Waals surface area contributed by atoms with E-state index in [1.165, 1.54) is 0 Å². The minimum Gasteiger partial charge on any atom is -0.497 e. The molecule has 0 aliphatic rings. The summed E-state index contributed by atoms with van der Waals surface area (Å²) >= 11 is 0. The molecule has 0 saturated carbocycles. The standard InChI is InChI=1S/C15H19N3O2/c1-4-18-11(7-10(2)17-18)8-15(19)13-6-5-12(20-3)9-14(13)16/h5-7,9H,4,8,16H2,1-3H3. The molecular formula is C15H19N3O2. The lowest BCUT2D eigenvalue weighted by atomic mass is 10.0. The average molecular weight is 273 g/mol.